The molecule has 6 heteroatoms. The van der Waals surface area contributed by atoms with E-state index >= 15 is 0 Å². The van der Waals surface area contributed by atoms with Crippen LogP contribution in [0, 0.1) is 12.7 Å². The lowest BCUT2D eigenvalue weighted by atomic mass is 10.1. The van der Waals surface area contributed by atoms with Crippen molar-refractivity contribution in [2.45, 2.75) is 13.8 Å². The summed E-state index contributed by atoms with van der Waals surface area (Å²) in [6.45, 7) is 3.71. The van der Waals surface area contributed by atoms with Gasteiger partial charge in [0.25, 0.3) is 5.91 Å². The third kappa shape index (κ3) is 4.54. The fourth-order valence-electron chi connectivity index (χ4n) is 1.95. The zero-order valence-electron chi connectivity index (χ0n) is 12.9. The minimum absolute atomic E-state index is 0.281. The van der Waals surface area contributed by atoms with Crippen molar-refractivity contribution in [3.05, 3.63) is 59.4 Å². The molecule has 0 saturated heterocycles. The fraction of sp³-hybridized carbons (Fsp3) is 0.176. The maximum atomic E-state index is 13.1. The van der Waals surface area contributed by atoms with Gasteiger partial charge in [0, 0.05) is 16.9 Å². The molecular formula is C17H17FN2O3. The van der Waals surface area contributed by atoms with Gasteiger partial charge in [0.2, 0.25) is 0 Å². The Morgan fingerprint density at radius 2 is 1.78 bits per heavy atom. The van der Waals surface area contributed by atoms with E-state index in [2.05, 4.69) is 10.6 Å². The van der Waals surface area contributed by atoms with E-state index in [4.69, 9.17) is 4.74 Å². The van der Waals surface area contributed by atoms with Crippen molar-refractivity contribution in [3.63, 3.8) is 0 Å². The number of benzene rings is 2. The number of carbonyl (C=O) groups excluding carboxylic acids is 2. The molecule has 0 aliphatic rings. The summed E-state index contributed by atoms with van der Waals surface area (Å²) in [6, 6.07) is 10.5. The Hall–Kier alpha value is -2.89. The first kappa shape index (κ1) is 16.5. The Bertz CT molecular complexity index is 714. The van der Waals surface area contributed by atoms with Gasteiger partial charge in [-0.2, -0.15) is 0 Å². The van der Waals surface area contributed by atoms with Gasteiger partial charge in [0.05, 0.1) is 6.61 Å². The summed E-state index contributed by atoms with van der Waals surface area (Å²) in [7, 11) is 0. The molecule has 23 heavy (non-hydrogen) atoms. The van der Waals surface area contributed by atoms with Crippen LogP contribution in [0.3, 0.4) is 0 Å². The number of rotatable bonds is 4. The predicted molar refractivity (Wildman–Crippen MR) is 86.2 cm³/mol. The van der Waals surface area contributed by atoms with Crippen LogP contribution in [0.1, 0.15) is 22.8 Å². The van der Waals surface area contributed by atoms with Crippen molar-refractivity contribution in [2.75, 3.05) is 17.2 Å². The molecule has 0 fully saturated rings. The zero-order valence-corrected chi connectivity index (χ0v) is 12.9. The Kier molecular flexibility index (Phi) is 5.30. The molecule has 0 heterocycles. The summed E-state index contributed by atoms with van der Waals surface area (Å²) in [5, 5.41) is 5.26. The highest BCUT2D eigenvalue weighted by Crippen LogP contribution is 2.17. The van der Waals surface area contributed by atoms with Crippen molar-refractivity contribution >= 4 is 23.4 Å². The Morgan fingerprint density at radius 3 is 2.39 bits per heavy atom. The number of ether oxygens (including phenoxy) is 1. The molecular weight excluding hydrogens is 299 g/mol. The van der Waals surface area contributed by atoms with Crippen LogP contribution in [0.15, 0.2) is 42.5 Å². The van der Waals surface area contributed by atoms with Gasteiger partial charge in [0.15, 0.2) is 0 Å². The largest absolute Gasteiger partial charge is 0.450 e. The van der Waals surface area contributed by atoms with Gasteiger partial charge < -0.3 is 10.1 Å². The Labute approximate surface area is 133 Å². The van der Waals surface area contributed by atoms with Crippen molar-refractivity contribution in [1.82, 2.24) is 0 Å². The summed E-state index contributed by atoms with van der Waals surface area (Å²) >= 11 is 0. The van der Waals surface area contributed by atoms with Gasteiger partial charge in [-0.25, -0.2) is 9.18 Å². The highest BCUT2D eigenvalue weighted by molar-refractivity contribution is 6.05. The molecule has 5 nitrogen and oxygen atoms in total. The molecule has 120 valence electrons. The average Bonchev–Trinajstić information content (AvgIpc) is 2.51. The van der Waals surface area contributed by atoms with Gasteiger partial charge >= 0.3 is 6.09 Å². The first-order valence-electron chi connectivity index (χ1n) is 7.11. The van der Waals surface area contributed by atoms with E-state index in [1.165, 1.54) is 18.2 Å². The van der Waals surface area contributed by atoms with Crippen LogP contribution in [0.5, 0.6) is 0 Å². The van der Waals surface area contributed by atoms with Gasteiger partial charge in [-0.1, -0.05) is 0 Å². The van der Waals surface area contributed by atoms with Crippen LogP contribution < -0.4 is 10.6 Å². The van der Waals surface area contributed by atoms with Crippen LogP contribution >= 0.6 is 0 Å². The van der Waals surface area contributed by atoms with Crippen molar-refractivity contribution in [1.29, 1.82) is 0 Å². The van der Waals surface area contributed by atoms with E-state index in [1.807, 2.05) is 0 Å². The summed E-state index contributed by atoms with van der Waals surface area (Å²) in [4.78, 5) is 23.5. The van der Waals surface area contributed by atoms with E-state index < -0.39 is 6.09 Å². The van der Waals surface area contributed by atoms with Crippen LogP contribution in [0.2, 0.25) is 0 Å². The molecule has 0 atom stereocenters. The van der Waals surface area contributed by atoms with Crippen molar-refractivity contribution in [2.24, 2.45) is 0 Å². The summed E-state index contributed by atoms with van der Waals surface area (Å²) < 4.78 is 17.8. The summed E-state index contributed by atoms with van der Waals surface area (Å²) in [5.74, 6) is -0.669. The molecule has 0 spiro atoms. The number of carbonyl (C=O) groups is 2. The van der Waals surface area contributed by atoms with Crippen LogP contribution in [0.25, 0.3) is 0 Å². The van der Waals surface area contributed by atoms with E-state index in [1.54, 1.807) is 38.1 Å². The third-order valence-corrected chi connectivity index (χ3v) is 3.11. The van der Waals surface area contributed by atoms with Crippen LogP contribution in [0.4, 0.5) is 20.6 Å². The maximum Gasteiger partial charge on any atom is 0.411 e. The predicted octanol–water partition coefficient (Wildman–Crippen LogP) is 3.95. The standard InChI is InChI=1S/C17H17FN2O3/c1-3-23-17(22)19-14-7-4-12(5-8-14)16(21)20-15-9-6-13(18)10-11(15)2/h4-10H,3H2,1-2H3,(H,19,22)(H,20,21). The van der Waals surface area contributed by atoms with E-state index in [9.17, 15) is 14.0 Å². The molecule has 0 unspecified atom stereocenters. The Balaban J connectivity index is 2.04. The zero-order chi connectivity index (χ0) is 16.8. The van der Waals surface area contributed by atoms with E-state index in [-0.39, 0.29) is 18.3 Å². The number of hydrogen-bond acceptors (Lipinski definition) is 3. The van der Waals surface area contributed by atoms with Gasteiger partial charge in [-0.05, 0) is 61.9 Å². The average molecular weight is 316 g/mol. The lowest BCUT2D eigenvalue weighted by molar-refractivity contribution is 0.102. The van der Waals surface area contributed by atoms with Gasteiger partial charge in [-0.15, -0.1) is 0 Å². The van der Waals surface area contributed by atoms with Crippen molar-refractivity contribution < 1.29 is 18.7 Å². The summed E-state index contributed by atoms with van der Waals surface area (Å²) in [5.41, 5.74) is 2.13. The lowest BCUT2D eigenvalue weighted by Gasteiger charge is -2.09. The first-order valence-corrected chi connectivity index (χ1v) is 7.11. The number of aryl methyl sites for hydroxylation is 1. The molecule has 0 aliphatic carbocycles. The smallest absolute Gasteiger partial charge is 0.411 e. The van der Waals surface area contributed by atoms with E-state index in [0.717, 1.165) is 0 Å². The summed E-state index contributed by atoms with van der Waals surface area (Å²) in [6.07, 6.45) is -0.549. The van der Waals surface area contributed by atoms with Crippen LogP contribution in [-0.4, -0.2) is 18.6 Å². The molecule has 0 aliphatic heterocycles. The molecule has 0 saturated carbocycles. The van der Waals surface area contributed by atoms with Crippen molar-refractivity contribution in [3.8, 4) is 0 Å². The lowest BCUT2D eigenvalue weighted by Crippen LogP contribution is -2.14. The second kappa shape index (κ2) is 7.40. The number of amides is 2. The second-order valence-corrected chi connectivity index (χ2v) is 4.84. The number of hydrogen-bond donors (Lipinski definition) is 2. The maximum absolute atomic E-state index is 13.1. The SMILES string of the molecule is CCOC(=O)Nc1ccc(C(=O)Nc2ccc(F)cc2C)cc1. The topological polar surface area (TPSA) is 67.4 Å². The normalized spacial score (nSPS) is 10.0. The van der Waals surface area contributed by atoms with Crippen LogP contribution in [-0.2, 0) is 4.74 Å². The molecule has 2 aromatic rings. The minimum Gasteiger partial charge on any atom is -0.450 e. The number of halogens is 1. The molecule has 0 aromatic heterocycles. The second-order valence-electron chi connectivity index (χ2n) is 4.84. The quantitative estimate of drug-likeness (QED) is 0.897. The molecule has 2 rings (SSSR count). The first-order chi connectivity index (χ1) is 11.0. The molecule has 2 amide bonds. The van der Waals surface area contributed by atoms with E-state index in [0.29, 0.717) is 22.5 Å². The highest BCUT2D eigenvalue weighted by atomic mass is 19.1. The van der Waals surface area contributed by atoms with Gasteiger partial charge in [-0.3, -0.25) is 10.1 Å². The molecule has 0 radical (unpaired) electrons. The minimum atomic E-state index is -0.549. The monoisotopic (exact) mass is 316 g/mol. The number of nitrogens with one attached hydrogen (secondary N) is 2. The molecule has 0 bridgehead atoms. The molecule has 2 N–H and O–H groups in total. The third-order valence-electron chi connectivity index (χ3n) is 3.11. The Morgan fingerprint density at radius 1 is 1.09 bits per heavy atom. The number of anilines is 2. The highest BCUT2D eigenvalue weighted by Gasteiger charge is 2.09. The van der Waals surface area contributed by atoms with Gasteiger partial charge in [0.1, 0.15) is 5.82 Å². The molecule has 2 aromatic carbocycles. The fourth-order valence-corrected chi connectivity index (χ4v) is 1.95.